The molecule has 0 bridgehead atoms. The van der Waals surface area contributed by atoms with Gasteiger partial charge in [-0.1, -0.05) is 30.3 Å². The fourth-order valence-electron chi connectivity index (χ4n) is 2.44. The number of benzene rings is 3. The van der Waals surface area contributed by atoms with E-state index in [1.807, 2.05) is 18.2 Å². The SMILES string of the molecule is O=C(Nc1ccccc1C(=O)NNc1ccccc1)c1ccc([N+](=O)[O-])cc1. The third-order valence-corrected chi connectivity index (χ3v) is 3.85. The van der Waals surface area contributed by atoms with E-state index in [-0.39, 0.29) is 16.8 Å². The van der Waals surface area contributed by atoms with E-state index in [2.05, 4.69) is 16.2 Å². The summed E-state index contributed by atoms with van der Waals surface area (Å²) >= 11 is 0. The molecular weight excluding hydrogens is 360 g/mol. The summed E-state index contributed by atoms with van der Waals surface area (Å²) in [5, 5.41) is 13.4. The Kier molecular flexibility index (Phi) is 5.61. The second-order valence-corrected chi connectivity index (χ2v) is 5.75. The highest BCUT2D eigenvalue weighted by Gasteiger charge is 2.15. The molecule has 0 aliphatic heterocycles. The van der Waals surface area contributed by atoms with Crippen LogP contribution in [-0.4, -0.2) is 16.7 Å². The molecule has 0 spiro atoms. The highest BCUT2D eigenvalue weighted by atomic mass is 16.6. The predicted molar refractivity (Wildman–Crippen MR) is 105 cm³/mol. The molecule has 0 saturated carbocycles. The fraction of sp³-hybridized carbons (Fsp3) is 0. The molecule has 3 N–H and O–H groups in total. The van der Waals surface area contributed by atoms with E-state index < -0.39 is 16.7 Å². The van der Waals surface area contributed by atoms with E-state index in [0.29, 0.717) is 11.4 Å². The number of nitro benzene ring substituents is 1. The van der Waals surface area contributed by atoms with Crippen LogP contribution in [0.25, 0.3) is 0 Å². The molecule has 28 heavy (non-hydrogen) atoms. The summed E-state index contributed by atoms with van der Waals surface area (Å²) in [7, 11) is 0. The van der Waals surface area contributed by atoms with Crippen molar-refractivity contribution in [3.63, 3.8) is 0 Å². The molecule has 3 aromatic rings. The van der Waals surface area contributed by atoms with Gasteiger partial charge in [0.15, 0.2) is 0 Å². The summed E-state index contributed by atoms with van der Waals surface area (Å²) in [6.07, 6.45) is 0. The van der Waals surface area contributed by atoms with Crippen molar-refractivity contribution in [2.45, 2.75) is 0 Å². The van der Waals surface area contributed by atoms with Gasteiger partial charge in [-0.2, -0.15) is 0 Å². The molecule has 0 heterocycles. The zero-order valence-electron chi connectivity index (χ0n) is 14.6. The number of hydrogen-bond acceptors (Lipinski definition) is 5. The molecule has 3 rings (SSSR count). The zero-order chi connectivity index (χ0) is 19.9. The lowest BCUT2D eigenvalue weighted by atomic mass is 10.1. The second-order valence-electron chi connectivity index (χ2n) is 5.75. The van der Waals surface area contributed by atoms with E-state index in [9.17, 15) is 19.7 Å². The molecule has 2 amide bonds. The van der Waals surface area contributed by atoms with Crippen LogP contribution in [0.3, 0.4) is 0 Å². The van der Waals surface area contributed by atoms with Crippen molar-refractivity contribution in [2.24, 2.45) is 0 Å². The number of non-ortho nitro benzene ring substituents is 1. The van der Waals surface area contributed by atoms with E-state index in [1.165, 1.54) is 24.3 Å². The first-order chi connectivity index (χ1) is 13.5. The summed E-state index contributed by atoms with van der Waals surface area (Å²) in [4.78, 5) is 35.1. The molecule has 0 radical (unpaired) electrons. The molecule has 0 fully saturated rings. The summed E-state index contributed by atoms with van der Waals surface area (Å²) in [6.45, 7) is 0. The average molecular weight is 376 g/mol. The molecule has 0 atom stereocenters. The number of rotatable bonds is 6. The minimum Gasteiger partial charge on any atom is -0.321 e. The minimum atomic E-state index is -0.541. The molecule has 3 aromatic carbocycles. The highest BCUT2D eigenvalue weighted by Crippen LogP contribution is 2.18. The van der Waals surface area contributed by atoms with E-state index in [0.717, 1.165) is 0 Å². The molecule has 0 unspecified atom stereocenters. The van der Waals surface area contributed by atoms with Gasteiger partial charge in [0.25, 0.3) is 17.5 Å². The van der Waals surface area contributed by atoms with Crippen molar-refractivity contribution >= 4 is 28.9 Å². The Morgan fingerprint density at radius 3 is 2.11 bits per heavy atom. The van der Waals surface area contributed by atoms with E-state index >= 15 is 0 Å². The first kappa shape index (κ1) is 18.6. The van der Waals surface area contributed by atoms with Crippen molar-refractivity contribution in [2.75, 3.05) is 10.7 Å². The molecule has 0 aromatic heterocycles. The summed E-state index contributed by atoms with van der Waals surface area (Å²) in [5.41, 5.74) is 6.79. The number of carbonyl (C=O) groups is 2. The average Bonchev–Trinajstić information content (AvgIpc) is 2.73. The molecule has 8 heteroatoms. The zero-order valence-corrected chi connectivity index (χ0v) is 14.6. The Balaban J connectivity index is 1.71. The number of hydrazine groups is 1. The largest absolute Gasteiger partial charge is 0.321 e. The van der Waals surface area contributed by atoms with Crippen LogP contribution in [0, 0.1) is 10.1 Å². The van der Waals surface area contributed by atoms with Crippen LogP contribution >= 0.6 is 0 Å². The Morgan fingerprint density at radius 1 is 0.786 bits per heavy atom. The Bertz CT molecular complexity index is 1000. The summed E-state index contributed by atoms with van der Waals surface area (Å²) in [5.74, 6) is -0.908. The number of para-hydroxylation sites is 2. The van der Waals surface area contributed by atoms with Crippen molar-refractivity contribution in [1.29, 1.82) is 0 Å². The second kappa shape index (κ2) is 8.45. The quantitative estimate of drug-likeness (QED) is 0.449. The summed E-state index contributed by atoms with van der Waals surface area (Å²) < 4.78 is 0. The summed E-state index contributed by atoms with van der Waals surface area (Å²) in [6, 6.07) is 20.8. The number of nitrogens with zero attached hydrogens (tertiary/aromatic N) is 1. The lowest BCUT2D eigenvalue weighted by Gasteiger charge is -2.12. The number of nitro groups is 1. The van der Waals surface area contributed by atoms with E-state index in [1.54, 1.807) is 36.4 Å². The number of amides is 2. The predicted octanol–water partition coefficient (Wildman–Crippen LogP) is 3.60. The van der Waals surface area contributed by atoms with Crippen LogP contribution in [0.15, 0.2) is 78.9 Å². The number of anilines is 2. The Labute approximate surface area is 160 Å². The fourth-order valence-corrected chi connectivity index (χ4v) is 2.44. The van der Waals surface area contributed by atoms with Gasteiger partial charge in [-0.05, 0) is 36.4 Å². The van der Waals surface area contributed by atoms with Gasteiger partial charge in [0, 0.05) is 17.7 Å². The van der Waals surface area contributed by atoms with Gasteiger partial charge in [-0.15, -0.1) is 0 Å². The van der Waals surface area contributed by atoms with Gasteiger partial charge in [-0.25, -0.2) is 0 Å². The van der Waals surface area contributed by atoms with Crippen molar-refractivity contribution in [3.05, 3.63) is 100 Å². The molecule has 0 saturated heterocycles. The van der Waals surface area contributed by atoms with Gasteiger partial charge in [-0.3, -0.25) is 30.6 Å². The van der Waals surface area contributed by atoms with Crippen molar-refractivity contribution in [3.8, 4) is 0 Å². The molecule has 0 aliphatic carbocycles. The topological polar surface area (TPSA) is 113 Å². The maximum atomic E-state index is 12.5. The molecule has 8 nitrogen and oxygen atoms in total. The van der Waals surface area contributed by atoms with Crippen molar-refractivity contribution < 1.29 is 14.5 Å². The number of nitrogens with one attached hydrogen (secondary N) is 3. The third kappa shape index (κ3) is 4.50. The number of carbonyl (C=O) groups excluding carboxylic acids is 2. The van der Waals surface area contributed by atoms with Crippen LogP contribution in [0.5, 0.6) is 0 Å². The first-order valence-electron chi connectivity index (χ1n) is 8.31. The van der Waals surface area contributed by atoms with Crippen molar-refractivity contribution in [1.82, 2.24) is 5.43 Å². The van der Waals surface area contributed by atoms with Crippen LogP contribution < -0.4 is 16.2 Å². The van der Waals surface area contributed by atoms with Crippen LogP contribution in [-0.2, 0) is 0 Å². The monoisotopic (exact) mass is 376 g/mol. The smallest absolute Gasteiger partial charge is 0.271 e. The molecule has 140 valence electrons. The molecule has 0 aliphatic rings. The number of hydrogen-bond donors (Lipinski definition) is 3. The minimum absolute atomic E-state index is 0.108. The standard InChI is InChI=1S/C20H16N4O4/c25-19(14-10-12-16(13-11-14)24(27)28)21-18-9-5-4-8-17(18)20(26)23-22-15-6-2-1-3-7-15/h1-13,22H,(H,21,25)(H,23,26). The molecular formula is C20H16N4O4. The van der Waals surface area contributed by atoms with E-state index in [4.69, 9.17) is 0 Å². The van der Waals surface area contributed by atoms with Crippen LogP contribution in [0.1, 0.15) is 20.7 Å². The Hall–Kier alpha value is -4.20. The lowest BCUT2D eigenvalue weighted by Crippen LogP contribution is -2.30. The highest BCUT2D eigenvalue weighted by molar-refractivity contribution is 6.09. The van der Waals surface area contributed by atoms with Gasteiger partial charge >= 0.3 is 0 Å². The van der Waals surface area contributed by atoms with Gasteiger partial charge in [0.2, 0.25) is 0 Å². The maximum absolute atomic E-state index is 12.5. The Morgan fingerprint density at radius 2 is 1.43 bits per heavy atom. The maximum Gasteiger partial charge on any atom is 0.271 e. The van der Waals surface area contributed by atoms with Gasteiger partial charge in [0.1, 0.15) is 0 Å². The van der Waals surface area contributed by atoms with Crippen LogP contribution in [0.4, 0.5) is 17.1 Å². The first-order valence-corrected chi connectivity index (χ1v) is 8.31. The van der Waals surface area contributed by atoms with Gasteiger partial charge < -0.3 is 5.32 Å². The van der Waals surface area contributed by atoms with Crippen LogP contribution in [0.2, 0.25) is 0 Å². The van der Waals surface area contributed by atoms with Gasteiger partial charge in [0.05, 0.1) is 21.9 Å². The third-order valence-electron chi connectivity index (χ3n) is 3.85. The normalized spacial score (nSPS) is 10.0. The lowest BCUT2D eigenvalue weighted by molar-refractivity contribution is -0.384.